The van der Waals surface area contributed by atoms with E-state index in [0.29, 0.717) is 46.4 Å². The summed E-state index contributed by atoms with van der Waals surface area (Å²) in [7, 11) is 1.47. The second-order valence-electron chi connectivity index (χ2n) is 8.22. The lowest BCUT2D eigenvalue weighted by atomic mass is 10.1. The quantitative estimate of drug-likeness (QED) is 0.292. The molecule has 3 aromatic rings. The van der Waals surface area contributed by atoms with Gasteiger partial charge in [0.05, 0.1) is 17.7 Å². The first-order valence-electron chi connectivity index (χ1n) is 11.2. The van der Waals surface area contributed by atoms with E-state index in [1.54, 1.807) is 18.2 Å². The van der Waals surface area contributed by atoms with Gasteiger partial charge in [0, 0.05) is 0 Å². The highest BCUT2D eigenvalue weighted by atomic mass is 32.2. The molecular weight excluding hydrogens is 521 g/mol. The van der Waals surface area contributed by atoms with Crippen molar-refractivity contribution in [1.29, 1.82) is 0 Å². The van der Waals surface area contributed by atoms with Crippen LogP contribution in [0.25, 0.3) is 6.08 Å². The number of carbonyl (C=O) groups excluding carboxylic acids is 3. The molecule has 1 N–H and O–H groups in total. The normalized spacial score (nSPS) is 14.2. The largest absolute Gasteiger partial charge is 0.493 e. The molecule has 0 radical (unpaired) electrons. The van der Waals surface area contributed by atoms with Crippen LogP contribution in [-0.4, -0.2) is 35.6 Å². The zero-order valence-corrected chi connectivity index (χ0v) is 21.0. The molecule has 0 unspecified atom stereocenters. The lowest BCUT2D eigenvalue weighted by Crippen LogP contribution is -2.36. The van der Waals surface area contributed by atoms with Crippen LogP contribution in [0.4, 0.5) is 23.7 Å². The minimum absolute atomic E-state index is 0.0529. The average Bonchev–Trinajstić information content (AvgIpc) is 3.16. The predicted octanol–water partition coefficient (Wildman–Crippen LogP) is 5.67. The molecule has 1 aliphatic heterocycles. The van der Waals surface area contributed by atoms with Gasteiger partial charge >= 0.3 is 0 Å². The summed E-state index contributed by atoms with van der Waals surface area (Å²) in [6.07, 6.45) is 1.46. The molecule has 3 amide bonds. The number of hydrogen-bond donors (Lipinski definition) is 1. The van der Waals surface area contributed by atoms with Gasteiger partial charge in [-0.1, -0.05) is 35.9 Å². The first kappa shape index (κ1) is 26.8. The number of rotatable bonds is 8. The van der Waals surface area contributed by atoms with Crippen LogP contribution in [0, 0.1) is 24.4 Å². The highest BCUT2D eigenvalue weighted by molar-refractivity contribution is 8.18. The number of halogens is 3. The van der Waals surface area contributed by atoms with Crippen LogP contribution in [0.15, 0.2) is 59.5 Å². The summed E-state index contributed by atoms with van der Waals surface area (Å²) >= 11 is 0.622. The number of methoxy groups -OCH3 is 1. The summed E-state index contributed by atoms with van der Waals surface area (Å²) in [6, 6.07) is 14.4. The topological polar surface area (TPSA) is 84.9 Å². The Morgan fingerprint density at radius 2 is 1.74 bits per heavy atom. The van der Waals surface area contributed by atoms with Gasteiger partial charge in [0.25, 0.3) is 11.1 Å². The minimum Gasteiger partial charge on any atom is -0.493 e. The van der Waals surface area contributed by atoms with Gasteiger partial charge in [-0.3, -0.25) is 19.3 Å². The van der Waals surface area contributed by atoms with Crippen LogP contribution in [0.5, 0.6) is 11.5 Å². The van der Waals surface area contributed by atoms with Crippen LogP contribution in [0.3, 0.4) is 0 Å². The van der Waals surface area contributed by atoms with Crippen molar-refractivity contribution >= 4 is 40.6 Å². The van der Waals surface area contributed by atoms with E-state index in [-0.39, 0.29) is 4.91 Å². The Labute approximate surface area is 220 Å². The Kier molecular flexibility index (Phi) is 8.06. The molecule has 0 bridgehead atoms. The maximum absolute atomic E-state index is 13.8. The summed E-state index contributed by atoms with van der Waals surface area (Å²) in [5, 5.41) is 1.32. The minimum atomic E-state index is -1.75. The number of nitrogens with one attached hydrogen (secondary N) is 1. The fourth-order valence-electron chi connectivity index (χ4n) is 3.48. The zero-order valence-electron chi connectivity index (χ0n) is 20.2. The molecule has 0 atom stereocenters. The van der Waals surface area contributed by atoms with E-state index in [2.05, 4.69) is 0 Å². The zero-order chi connectivity index (χ0) is 27.4. The summed E-state index contributed by atoms with van der Waals surface area (Å²) in [5.41, 5.74) is 2.04. The number of imide groups is 1. The molecule has 3 aromatic carbocycles. The van der Waals surface area contributed by atoms with Gasteiger partial charge < -0.3 is 14.8 Å². The molecule has 0 saturated carbocycles. The van der Waals surface area contributed by atoms with Gasteiger partial charge in [0.15, 0.2) is 29.0 Å². The maximum atomic E-state index is 13.8. The molecule has 7 nitrogen and oxygen atoms in total. The van der Waals surface area contributed by atoms with Crippen LogP contribution >= 0.6 is 11.8 Å². The summed E-state index contributed by atoms with van der Waals surface area (Å²) < 4.78 is 51.6. The van der Waals surface area contributed by atoms with E-state index in [0.717, 1.165) is 17.2 Å². The molecular formula is C27H21F3N2O5S. The monoisotopic (exact) mass is 542 g/mol. The molecule has 1 saturated heterocycles. The lowest BCUT2D eigenvalue weighted by Gasteiger charge is -2.13. The molecule has 0 aliphatic carbocycles. The predicted molar refractivity (Wildman–Crippen MR) is 136 cm³/mol. The maximum Gasteiger partial charge on any atom is 0.294 e. The van der Waals surface area contributed by atoms with Crippen molar-refractivity contribution < 1.29 is 37.0 Å². The molecule has 1 aliphatic rings. The van der Waals surface area contributed by atoms with Gasteiger partial charge in [-0.25, -0.2) is 13.2 Å². The first-order valence-corrected chi connectivity index (χ1v) is 12.0. The Morgan fingerprint density at radius 3 is 2.45 bits per heavy atom. The number of anilines is 1. The summed E-state index contributed by atoms with van der Waals surface area (Å²) in [5.74, 6) is -5.56. The van der Waals surface area contributed by atoms with Crippen LogP contribution < -0.4 is 14.8 Å². The van der Waals surface area contributed by atoms with Crippen LogP contribution in [0.1, 0.15) is 16.7 Å². The molecule has 4 rings (SSSR count). The number of nitrogens with zero attached hydrogens (tertiary/aromatic N) is 1. The van der Waals surface area contributed by atoms with Crippen molar-refractivity contribution in [2.75, 3.05) is 19.0 Å². The van der Waals surface area contributed by atoms with E-state index in [4.69, 9.17) is 9.47 Å². The van der Waals surface area contributed by atoms with Crippen molar-refractivity contribution in [1.82, 2.24) is 4.90 Å². The number of hydrogen-bond acceptors (Lipinski definition) is 6. The number of benzene rings is 3. The van der Waals surface area contributed by atoms with E-state index >= 15 is 0 Å². The Hall–Kier alpha value is -4.25. The van der Waals surface area contributed by atoms with Gasteiger partial charge in [0.2, 0.25) is 5.91 Å². The fourth-order valence-corrected chi connectivity index (χ4v) is 4.32. The number of amides is 3. The van der Waals surface area contributed by atoms with E-state index in [1.807, 2.05) is 36.5 Å². The van der Waals surface area contributed by atoms with Gasteiger partial charge in [0.1, 0.15) is 13.2 Å². The average molecular weight is 543 g/mol. The molecule has 11 heteroatoms. The molecule has 1 fully saturated rings. The highest BCUT2D eigenvalue weighted by Gasteiger charge is 2.36. The smallest absolute Gasteiger partial charge is 0.294 e. The van der Waals surface area contributed by atoms with Gasteiger partial charge in [-0.15, -0.1) is 0 Å². The Morgan fingerprint density at radius 1 is 1.00 bits per heavy atom. The molecule has 0 spiro atoms. The molecule has 1 heterocycles. The van der Waals surface area contributed by atoms with Crippen molar-refractivity contribution in [2.45, 2.75) is 13.5 Å². The van der Waals surface area contributed by atoms with E-state index < -0.39 is 46.7 Å². The Bertz CT molecular complexity index is 1440. The summed E-state index contributed by atoms with van der Waals surface area (Å²) in [6.45, 7) is 1.58. The SMILES string of the molecule is COc1cc(/C=C2/SC(=O)N(CC(=O)Nc3ccc(F)c(F)c3F)C2=O)ccc1OCc1ccc(C)cc1. The highest BCUT2D eigenvalue weighted by Crippen LogP contribution is 2.35. The fraction of sp³-hybridized carbons (Fsp3) is 0.148. The second kappa shape index (κ2) is 11.4. The third-order valence-electron chi connectivity index (χ3n) is 5.48. The molecule has 196 valence electrons. The van der Waals surface area contributed by atoms with Crippen molar-refractivity contribution in [3.05, 3.63) is 93.6 Å². The number of aryl methyl sites for hydroxylation is 1. The number of ether oxygens (including phenoxy) is 2. The van der Waals surface area contributed by atoms with Crippen LogP contribution in [-0.2, 0) is 16.2 Å². The van der Waals surface area contributed by atoms with Gasteiger partial charge in [-0.05, 0) is 60.2 Å². The Balaban J connectivity index is 1.43. The lowest BCUT2D eigenvalue weighted by molar-refractivity contribution is -0.127. The third-order valence-corrected chi connectivity index (χ3v) is 6.39. The summed E-state index contributed by atoms with van der Waals surface area (Å²) in [4.78, 5) is 38.1. The molecule has 38 heavy (non-hydrogen) atoms. The second-order valence-corrected chi connectivity index (χ2v) is 9.22. The third kappa shape index (κ3) is 6.00. The van der Waals surface area contributed by atoms with E-state index in [1.165, 1.54) is 13.2 Å². The number of thioether (sulfide) groups is 1. The van der Waals surface area contributed by atoms with Crippen molar-refractivity contribution in [3.8, 4) is 11.5 Å². The van der Waals surface area contributed by atoms with Gasteiger partial charge in [-0.2, -0.15) is 0 Å². The standard InChI is InChI=1S/C27H21F3N2O5S/c1-15-3-5-16(6-4-15)14-37-20-10-7-17(11-21(20)36-2)12-22-26(34)32(27(35)38-22)13-23(33)31-19-9-8-18(28)24(29)25(19)30/h3-12H,13-14H2,1-2H3,(H,31,33)/b22-12+. The molecule has 0 aromatic heterocycles. The van der Waals surface area contributed by atoms with Crippen molar-refractivity contribution in [3.63, 3.8) is 0 Å². The van der Waals surface area contributed by atoms with Crippen molar-refractivity contribution in [2.24, 2.45) is 0 Å². The van der Waals surface area contributed by atoms with E-state index in [9.17, 15) is 27.6 Å². The number of carbonyl (C=O) groups is 3. The van der Waals surface area contributed by atoms with Crippen LogP contribution in [0.2, 0.25) is 0 Å². The first-order chi connectivity index (χ1) is 18.2.